The first-order chi connectivity index (χ1) is 12.9. The second kappa shape index (κ2) is 12.8. The van der Waals surface area contributed by atoms with Crippen LogP contribution in [0.1, 0.15) is 44.9 Å². The molecule has 2 N–H and O–H groups in total. The third-order valence-corrected chi connectivity index (χ3v) is 5.59. The Bertz CT molecular complexity index is 487. The molecule has 1 aliphatic heterocycles. The normalized spacial score (nSPS) is 21.9. The predicted octanol–water partition coefficient (Wildman–Crippen LogP) is 1.92. The van der Waals surface area contributed by atoms with Gasteiger partial charge in [0.05, 0.1) is 6.10 Å². The molecule has 1 amide bonds. The highest BCUT2D eigenvalue weighted by molar-refractivity contribution is 14.0. The molecule has 1 heterocycles. The number of aliphatic imine (C=N–C) groups is 1. The molecule has 2 aliphatic rings. The van der Waals surface area contributed by atoms with Gasteiger partial charge in [0.25, 0.3) is 0 Å². The average molecular weight is 509 g/mol. The lowest BCUT2D eigenvalue weighted by molar-refractivity contribution is -0.127. The van der Waals surface area contributed by atoms with Gasteiger partial charge in [-0.25, -0.2) is 4.99 Å². The summed E-state index contributed by atoms with van der Waals surface area (Å²) in [6.07, 6.45) is 8.77. The van der Waals surface area contributed by atoms with Crippen molar-refractivity contribution < 1.29 is 9.53 Å². The smallest absolute Gasteiger partial charge is 0.243 e. The van der Waals surface area contributed by atoms with E-state index in [2.05, 4.69) is 34.6 Å². The van der Waals surface area contributed by atoms with E-state index in [1.165, 1.54) is 32.1 Å². The largest absolute Gasteiger partial charge is 0.376 e. The van der Waals surface area contributed by atoms with Crippen molar-refractivity contribution in [3.63, 3.8) is 0 Å². The van der Waals surface area contributed by atoms with Crippen molar-refractivity contribution in [2.24, 2.45) is 10.4 Å². The molecule has 1 aliphatic carbocycles. The zero-order chi connectivity index (χ0) is 19.7. The minimum absolute atomic E-state index is 0. The lowest BCUT2D eigenvalue weighted by atomic mass is 9.85. The average Bonchev–Trinajstić information content (AvgIpc) is 3.09. The summed E-state index contributed by atoms with van der Waals surface area (Å²) in [5.41, 5.74) is 0.291. The van der Waals surface area contributed by atoms with Gasteiger partial charge in [-0.1, -0.05) is 12.8 Å². The molecule has 0 aromatic carbocycles. The summed E-state index contributed by atoms with van der Waals surface area (Å²) >= 11 is 0. The maximum atomic E-state index is 12.0. The van der Waals surface area contributed by atoms with E-state index in [1.807, 2.05) is 0 Å². The Labute approximate surface area is 188 Å². The molecule has 1 saturated carbocycles. The second-order valence-corrected chi connectivity index (χ2v) is 8.62. The zero-order valence-corrected chi connectivity index (χ0v) is 20.5. The monoisotopic (exact) mass is 509 g/mol. The molecule has 1 atom stereocenters. The molecule has 28 heavy (non-hydrogen) atoms. The van der Waals surface area contributed by atoms with E-state index in [9.17, 15) is 4.79 Å². The minimum Gasteiger partial charge on any atom is -0.376 e. The van der Waals surface area contributed by atoms with Crippen LogP contribution in [-0.4, -0.2) is 88.7 Å². The van der Waals surface area contributed by atoms with Crippen LogP contribution in [0, 0.1) is 5.41 Å². The zero-order valence-electron chi connectivity index (χ0n) is 18.1. The van der Waals surface area contributed by atoms with Crippen molar-refractivity contribution in [1.82, 2.24) is 20.4 Å². The number of carbonyl (C=O) groups is 1. The molecule has 0 bridgehead atoms. The molecule has 2 rings (SSSR count). The molecule has 8 heteroatoms. The maximum Gasteiger partial charge on any atom is 0.243 e. The summed E-state index contributed by atoms with van der Waals surface area (Å²) in [7, 11) is 7.81. The van der Waals surface area contributed by atoms with Crippen molar-refractivity contribution >= 4 is 35.8 Å². The first kappa shape index (κ1) is 25.4. The van der Waals surface area contributed by atoms with Gasteiger partial charge < -0.3 is 25.2 Å². The van der Waals surface area contributed by atoms with E-state index in [-0.39, 0.29) is 42.5 Å². The van der Waals surface area contributed by atoms with Crippen LogP contribution in [0.25, 0.3) is 0 Å². The molecule has 2 fully saturated rings. The van der Waals surface area contributed by atoms with Crippen LogP contribution < -0.4 is 10.6 Å². The van der Waals surface area contributed by atoms with Gasteiger partial charge in [-0.2, -0.15) is 0 Å². The van der Waals surface area contributed by atoms with Gasteiger partial charge in [0.15, 0.2) is 5.96 Å². The molecular formula is C20H40IN5O2. The van der Waals surface area contributed by atoms with E-state index >= 15 is 0 Å². The van der Waals surface area contributed by atoms with Crippen molar-refractivity contribution in [3.8, 4) is 0 Å². The molecule has 1 saturated heterocycles. The highest BCUT2D eigenvalue weighted by Crippen LogP contribution is 2.37. The van der Waals surface area contributed by atoms with Gasteiger partial charge in [0, 0.05) is 45.8 Å². The fourth-order valence-corrected chi connectivity index (χ4v) is 4.10. The Kier molecular flexibility index (Phi) is 11.7. The summed E-state index contributed by atoms with van der Waals surface area (Å²) in [5, 5.41) is 6.94. The molecular weight excluding hydrogens is 469 g/mol. The van der Waals surface area contributed by atoms with Crippen LogP contribution in [0.3, 0.4) is 0 Å². The Morgan fingerprint density at radius 2 is 1.82 bits per heavy atom. The number of hydrogen-bond acceptors (Lipinski definition) is 4. The number of hydrogen-bond donors (Lipinski definition) is 2. The number of halogens is 1. The SMILES string of the molecule is CN(C)CC1(CNC(=NCC(=O)N(C)C)NCC2CCCCO2)CCCC1.I. The first-order valence-corrected chi connectivity index (χ1v) is 10.4. The third-order valence-electron chi connectivity index (χ3n) is 5.59. The summed E-state index contributed by atoms with van der Waals surface area (Å²) in [4.78, 5) is 20.3. The van der Waals surface area contributed by atoms with Crippen molar-refractivity contribution in [1.29, 1.82) is 0 Å². The number of nitrogens with zero attached hydrogens (tertiary/aromatic N) is 3. The van der Waals surface area contributed by atoms with Crippen molar-refractivity contribution in [2.75, 3.05) is 61.0 Å². The van der Waals surface area contributed by atoms with Gasteiger partial charge in [-0.05, 0) is 46.2 Å². The molecule has 7 nitrogen and oxygen atoms in total. The van der Waals surface area contributed by atoms with Crippen molar-refractivity contribution in [2.45, 2.75) is 51.0 Å². The van der Waals surface area contributed by atoms with Crippen LogP contribution in [0.4, 0.5) is 0 Å². The summed E-state index contributed by atoms with van der Waals surface area (Å²) in [6, 6.07) is 0. The van der Waals surface area contributed by atoms with Crippen LogP contribution >= 0.6 is 24.0 Å². The highest BCUT2D eigenvalue weighted by Gasteiger charge is 2.34. The Balaban J connectivity index is 0.00000392. The van der Waals surface area contributed by atoms with Gasteiger partial charge in [0.1, 0.15) is 6.54 Å². The Hall–Kier alpha value is -0.610. The number of likely N-dealkylation sites (N-methyl/N-ethyl adjacent to an activating group) is 1. The maximum absolute atomic E-state index is 12.0. The lowest BCUT2D eigenvalue weighted by Gasteiger charge is -2.33. The van der Waals surface area contributed by atoms with Gasteiger partial charge in [0.2, 0.25) is 5.91 Å². The number of ether oxygens (including phenoxy) is 1. The van der Waals surface area contributed by atoms with Gasteiger partial charge >= 0.3 is 0 Å². The van der Waals surface area contributed by atoms with Crippen LogP contribution in [-0.2, 0) is 9.53 Å². The van der Waals surface area contributed by atoms with E-state index < -0.39 is 0 Å². The minimum atomic E-state index is 0. The fourth-order valence-electron chi connectivity index (χ4n) is 4.10. The Morgan fingerprint density at radius 1 is 1.11 bits per heavy atom. The number of carbonyl (C=O) groups excluding carboxylic acids is 1. The Morgan fingerprint density at radius 3 is 2.39 bits per heavy atom. The molecule has 0 spiro atoms. The number of guanidine groups is 1. The quantitative estimate of drug-likeness (QED) is 0.297. The number of rotatable bonds is 8. The third kappa shape index (κ3) is 8.82. The van der Waals surface area contributed by atoms with Gasteiger partial charge in [-0.15, -0.1) is 24.0 Å². The second-order valence-electron chi connectivity index (χ2n) is 8.62. The van der Waals surface area contributed by atoms with E-state index in [4.69, 9.17) is 4.74 Å². The van der Waals surface area contributed by atoms with Crippen LogP contribution in [0.5, 0.6) is 0 Å². The molecule has 0 aromatic rings. The lowest BCUT2D eigenvalue weighted by Crippen LogP contribution is -2.48. The molecule has 164 valence electrons. The summed E-state index contributed by atoms with van der Waals surface area (Å²) < 4.78 is 5.82. The van der Waals surface area contributed by atoms with Crippen LogP contribution in [0.2, 0.25) is 0 Å². The number of amides is 1. The fraction of sp³-hybridized carbons (Fsp3) is 0.900. The molecule has 0 aromatic heterocycles. The predicted molar refractivity (Wildman–Crippen MR) is 125 cm³/mol. The summed E-state index contributed by atoms with van der Waals surface area (Å²) in [6.45, 7) is 3.71. The van der Waals surface area contributed by atoms with Crippen LogP contribution in [0.15, 0.2) is 4.99 Å². The van der Waals surface area contributed by atoms with Crippen molar-refractivity contribution in [3.05, 3.63) is 0 Å². The topological polar surface area (TPSA) is 69.2 Å². The molecule has 1 unspecified atom stereocenters. The standard InChI is InChI=1S/C20H39N5O2.HI/c1-24(2)16-20(10-6-7-11-20)15-23-19(22-14-18(26)25(3)4)21-13-17-9-5-8-12-27-17;/h17H,5-16H2,1-4H3,(H2,21,22,23);1H. The van der Waals surface area contributed by atoms with E-state index in [0.29, 0.717) is 5.41 Å². The highest BCUT2D eigenvalue weighted by atomic mass is 127. The summed E-state index contributed by atoms with van der Waals surface area (Å²) in [5.74, 6) is 0.735. The first-order valence-electron chi connectivity index (χ1n) is 10.4. The van der Waals surface area contributed by atoms with E-state index in [1.54, 1.807) is 19.0 Å². The van der Waals surface area contributed by atoms with E-state index in [0.717, 1.165) is 45.0 Å². The number of nitrogens with one attached hydrogen (secondary N) is 2. The van der Waals surface area contributed by atoms with Gasteiger partial charge in [-0.3, -0.25) is 4.79 Å². The molecule has 0 radical (unpaired) electrons.